The molecule has 1 aromatic heterocycles. The Morgan fingerprint density at radius 1 is 1.08 bits per heavy atom. The van der Waals surface area contributed by atoms with E-state index in [4.69, 9.17) is 9.72 Å². The molecule has 0 spiro atoms. The van der Waals surface area contributed by atoms with Crippen LogP contribution in [-0.4, -0.2) is 28.3 Å². The quantitative estimate of drug-likeness (QED) is 0.761. The van der Waals surface area contributed by atoms with Gasteiger partial charge in [0, 0.05) is 18.3 Å². The molecule has 1 N–H and O–H groups in total. The molecule has 132 valence electrons. The van der Waals surface area contributed by atoms with Crippen LogP contribution in [0.3, 0.4) is 0 Å². The number of aromatic nitrogens is 3. The molecule has 1 unspecified atom stereocenters. The lowest BCUT2D eigenvalue weighted by Crippen LogP contribution is -2.26. The summed E-state index contributed by atoms with van der Waals surface area (Å²) in [7, 11) is 1.58. The molecule has 0 bridgehead atoms. The first-order valence-electron chi connectivity index (χ1n) is 8.70. The Hall–Kier alpha value is -3.15. The first kappa shape index (κ1) is 16.3. The minimum Gasteiger partial charge on any atom is -0.477 e. The highest BCUT2D eigenvalue weighted by Gasteiger charge is 2.29. The van der Waals surface area contributed by atoms with Crippen molar-refractivity contribution in [2.24, 2.45) is 0 Å². The van der Waals surface area contributed by atoms with Crippen molar-refractivity contribution in [2.75, 3.05) is 17.3 Å². The Morgan fingerprint density at radius 3 is 2.65 bits per heavy atom. The van der Waals surface area contributed by atoms with Gasteiger partial charge in [-0.25, -0.2) is 0 Å². The number of fused-ring (bicyclic) bond motifs is 1. The highest BCUT2D eigenvalue weighted by Crippen LogP contribution is 2.37. The van der Waals surface area contributed by atoms with Crippen LogP contribution in [0, 0.1) is 0 Å². The van der Waals surface area contributed by atoms with Gasteiger partial charge in [0.15, 0.2) is 5.82 Å². The predicted octanol–water partition coefficient (Wildman–Crippen LogP) is 3.58. The summed E-state index contributed by atoms with van der Waals surface area (Å²) in [6.07, 6.45) is 0.971. The molecule has 0 aliphatic carbocycles. The van der Waals surface area contributed by atoms with Gasteiger partial charge in [0.1, 0.15) is 0 Å². The Kier molecular flexibility index (Phi) is 4.39. The van der Waals surface area contributed by atoms with Gasteiger partial charge in [-0.3, -0.25) is 0 Å². The Morgan fingerprint density at radius 2 is 1.85 bits per heavy atom. The third-order valence-corrected chi connectivity index (χ3v) is 4.56. The molecule has 26 heavy (non-hydrogen) atoms. The molecule has 0 fully saturated rings. The number of ether oxygens (including phenoxy) is 1. The van der Waals surface area contributed by atoms with Gasteiger partial charge in [-0.2, -0.15) is 4.98 Å². The summed E-state index contributed by atoms with van der Waals surface area (Å²) < 4.78 is 5.33. The number of hydrogen-bond acceptors (Lipinski definition) is 6. The summed E-state index contributed by atoms with van der Waals surface area (Å²) in [5.41, 5.74) is 3.61. The van der Waals surface area contributed by atoms with Crippen LogP contribution in [-0.2, 0) is 13.0 Å². The number of hydrogen-bond donors (Lipinski definition) is 1. The summed E-state index contributed by atoms with van der Waals surface area (Å²) >= 11 is 0. The molecule has 0 saturated carbocycles. The van der Waals surface area contributed by atoms with Crippen LogP contribution in [0.2, 0.25) is 0 Å². The van der Waals surface area contributed by atoms with Crippen molar-refractivity contribution in [3.8, 4) is 5.88 Å². The maximum absolute atomic E-state index is 5.33. The third-order valence-electron chi connectivity index (χ3n) is 4.56. The Balaban J connectivity index is 1.64. The normalized spacial score (nSPS) is 15.6. The predicted molar refractivity (Wildman–Crippen MR) is 102 cm³/mol. The molecule has 0 saturated heterocycles. The highest BCUT2D eigenvalue weighted by atomic mass is 16.5. The van der Waals surface area contributed by atoms with E-state index in [1.807, 2.05) is 24.3 Å². The topological polar surface area (TPSA) is 63.2 Å². The summed E-state index contributed by atoms with van der Waals surface area (Å²) in [4.78, 5) is 6.84. The lowest BCUT2D eigenvalue weighted by Gasteiger charge is -2.22. The molecule has 2 aromatic carbocycles. The molecule has 2 heterocycles. The highest BCUT2D eigenvalue weighted by molar-refractivity contribution is 5.67. The summed E-state index contributed by atoms with van der Waals surface area (Å²) in [5.74, 6) is 1.57. The molecule has 1 aliphatic heterocycles. The fourth-order valence-corrected chi connectivity index (χ4v) is 3.31. The summed E-state index contributed by atoms with van der Waals surface area (Å²) in [5, 5.41) is 11.8. The van der Waals surface area contributed by atoms with E-state index in [1.54, 1.807) is 7.11 Å². The van der Waals surface area contributed by atoms with Crippen molar-refractivity contribution in [1.82, 2.24) is 15.2 Å². The number of anilines is 3. The average Bonchev–Trinajstić information content (AvgIpc) is 3.02. The zero-order valence-electron chi connectivity index (χ0n) is 14.9. The van der Waals surface area contributed by atoms with E-state index < -0.39 is 0 Å². The van der Waals surface area contributed by atoms with Crippen molar-refractivity contribution >= 4 is 17.5 Å². The van der Waals surface area contributed by atoms with Crippen LogP contribution in [0.25, 0.3) is 0 Å². The van der Waals surface area contributed by atoms with E-state index >= 15 is 0 Å². The monoisotopic (exact) mass is 347 g/mol. The Bertz CT molecular complexity index is 900. The minimum absolute atomic E-state index is 0.282. The lowest BCUT2D eigenvalue weighted by molar-refractivity contribution is 0.391. The second-order valence-corrected chi connectivity index (χ2v) is 6.36. The van der Waals surface area contributed by atoms with E-state index in [0.29, 0.717) is 24.2 Å². The standard InChI is InChI=1S/C20H21N5O/c1-14-12-16-10-6-7-11-17(16)25(14)20-22-18(19(26-2)23-24-20)21-13-15-8-4-3-5-9-15/h3-11,14H,12-13H2,1-2H3,(H,21,22,24). The number of benzene rings is 2. The van der Waals surface area contributed by atoms with Crippen LogP contribution in [0.15, 0.2) is 54.6 Å². The van der Waals surface area contributed by atoms with Gasteiger partial charge in [0.25, 0.3) is 11.8 Å². The Labute approximate surface area is 152 Å². The van der Waals surface area contributed by atoms with Crippen LogP contribution in [0.4, 0.5) is 17.5 Å². The first-order chi connectivity index (χ1) is 12.8. The van der Waals surface area contributed by atoms with Crippen molar-refractivity contribution in [3.05, 3.63) is 65.7 Å². The molecular weight excluding hydrogens is 326 g/mol. The first-order valence-corrected chi connectivity index (χ1v) is 8.70. The van der Waals surface area contributed by atoms with E-state index in [2.05, 4.69) is 57.7 Å². The van der Waals surface area contributed by atoms with Crippen LogP contribution < -0.4 is 15.0 Å². The van der Waals surface area contributed by atoms with Crippen molar-refractivity contribution < 1.29 is 4.74 Å². The molecule has 0 amide bonds. The van der Waals surface area contributed by atoms with Gasteiger partial charge in [0.05, 0.1) is 7.11 Å². The van der Waals surface area contributed by atoms with Crippen molar-refractivity contribution in [3.63, 3.8) is 0 Å². The molecule has 1 aliphatic rings. The number of nitrogens with one attached hydrogen (secondary N) is 1. The minimum atomic E-state index is 0.282. The lowest BCUT2D eigenvalue weighted by atomic mass is 10.1. The smallest absolute Gasteiger partial charge is 0.276 e. The SMILES string of the molecule is COc1nnc(N2c3ccccc3CC2C)nc1NCc1ccccc1. The van der Waals surface area contributed by atoms with Gasteiger partial charge in [-0.15, -0.1) is 10.2 Å². The molecule has 4 rings (SSSR count). The molecule has 6 nitrogen and oxygen atoms in total. The summed E-state index contributed by atoms with van der Waals surface area (Å²) in [6.45, 7) is 2.81. The largest absolute Gasteiger partial charge is 0.477 e. The molecule has 1 atom stereocenters. The van der Waals surface area contributed by atoms with Gasteiger partial charge < -0.3 is 15.0 Å². The number of rotatable bonds is 5. The molecule has 6 heteroatoms. The third kappa shape index (κ3) is 3.06. The number of para-hydroxylation sites is 1. The van der Waals surface area contributed by atoms with E-state index in [-0.39, 0.29) is 6.04 Å². The van der Waals surface area contributed by atoms with E-state index in [9.17, 15) is 0 Å². The van der Waals surface area contributed by atoms with Gasteiger partial charge in [-0.05, 0) is 30.5 Å². The second-order valence-electron chi connectivity index (χ2n) is 6.36. The van der Waals surface area contributed by atoms with Crippen LogP contribution in [0.5, 0.6) is 5.88 Å². The van der Waals surface area contributed by atoms with Crippen LogP contribution in [0.1, 0.15) is 18.1 Å². The van der Waals surface area contributed by atoms with Crippen LogP contribution >= 0.6 is 0 Å². The molecule has 0 radical (unpaired) electrons. The van der Waals surface area contributed by atoms with Crippen molar-refractivity contribution in [2.45, 2.75) is 25.9 Å². The maximum atomic E-state index is 5.33. The van der Waals surface area contributed by atoms with E-state index in [1.165, 1.54) is 5.56 Å². The fraction of sp³-hybridized carbons (Fsp3) is 0.250. The van der Waals surface area contributed by atoms with Gasteiger partial charge in [0.2, 0.25) is 0 Å². The molecular formula is C20H21N5O. The number of nitrogens with zero attached hydrogens (tertiary/aromatic N) is 4. The number of methoxy groups -OCH3 is 1. The van der Waals surface area contributed by atoms with E-state index in [0.717, 1.165) is 17.7 Å². The second kappa shape index (κ2) is 7.00. The maximum Gasteiger partial charge on any atom is 0.276 e. The van der Waals surface area contributed by atoms with Crippen molar-refractivity contribution in [1.29, 1.82) is 0 Å². The average molecular weight is 347 g/mol. The summed E-state index contributed by atoms with van der Waals surface area (Å²) in [6, 6.07) is 18.8. The van der Waals surface area contributed by atoms with Gasteiger partial charge >= 0.3 is 0 Å². The molecule has 3 aromatic rings. The fourth-order valence-electron chi connectivity index (χ4n) is 3.31. The zero-order chi connectivity index (χ0) is 17.9. The zero-order valence-corrected chi connectivity index (χ0v) is 14.9. The van der Waals surface area contributed by atoms with Gasteiger partial charge in [-0.1, -0.05) is 48.5 Å².